The number of benzene rings is 1. The SMILES string of the molecule is CCc1ccccc1-n1nc(C(=O)O)cc1C. The Balaban J connectivity index is 2.56. The van der Waals surface area contributed by atoms with Crippen LogP contribution >= 0.6 is 0 Å². The zero-order valence-corrected chi connectivity index (χ0v) is 9.84. The Labute approximate surface area is 99.5 Å². The molecule has 2 rings (SSSR count). The van der Waals surface area contributed by atoms with E-state index in [0.29, 0.717) is 0 Å². The summed E-state index contributed by atoms with van der Waals surface area (Å²) in [5.74, 6) is -0.999. The van der Waals surface area contributed by atoms with Gasteiger partial charge in [0.1, 0.15) is 0 Å². The van der Waals surface area contributed by atoms with Crippen LogP contribution in [0.5, 0.6) is 0 Å². The van der Waals surface area contributed by atoms with Gasteiger partial charge in [-0.25, -0.2) is 9.48 Å². The number of rotatable bonds is 3. The highest BCUT2D eigenvalue weighted by Gasteiger charge is 2.13. The smallest absolute Gasteiger partial charge is 0.356 e. The molecule has 4 heteroatoms. The van der Waals surface area contributed by atoms with Crippen molar-refractivity contribution < 1.29 is 9.90 Å². The number of carboxylic acid groups (broad SMARTS) is 1. The van der Waals surface area contributed by atoms with Gasteiger partial charge in [0, 0.05) is 5.69 Å². The fraction of sp³-hybridized carbons (Fsp3) is 0.231. The van der Waals surface area contributed by atoms with Gasteiger partial charge < -0.3 is 5.11 Å². The van der Waals surface area contributed by atoms with Crippen molar-refractivity contribution in [2.75, 3.05) is 0 Å². The maximum absolute atomic E-state index is 10.9. The third-order valence-corrected chi connectivity index (χ3v) is 2.71. The van der Waals surface area contributed by atoms with Gasteiger partial charge in [-0.2, -0.15) is 5.10 Å². The van der Waals surface area contributed by atoms with Crippen molar-refractivity contribution in [2.24, 2.45) is 0 Å². The van der Waals surface area contributed by atoms with Gasteiger partial charge in [0.2, 0.25) is 0 Å². The van der Waals surface area contributed by atoms with Gasteiger partial charge in [0.15, 0.2) is 5.69 Å². The molecule has 17 heavy (non-hydrogen) atoms. The van der Waals surface area contributed by atoms with E-state index in [1.54, 1.807) is 10.7 Å². The van der Waals surface area contributed by atoms with Crippen molar-refractivity contribution >= 4 is 5.97 Å². The summed E-state index contributed by atoms with van der Waals surface area (Å²) in [6, 6.07) is 9.45. The van der Waals surface area contributed by atoms with Gasteiger partial charge in [-0.15, -0.1) is 0 Å². The monoisotopic (exact) mass is 230 g/mol. The van der Waals surface area contributed by atoms with Crippen LogP contribution in [0.1, 0.15) is 28.7 Å². The highest BCUT2D eigenvalue weighted by Crippen LogP contribution is 2.17. The number of para-hydroxylation sites is 1. The van der Waals surface area contributed by atoms with Crippen LogP contribution in [0.2, 0.25) is 0 Å². The number of hydrogen-bond donors (Lipinski definition) is 1. The van der Waals surface area contributed by atoms with Crippen LogP contribution < -0.4 is 0 Å². The van der Waals surface area contributed by atoms with Gasteiger partial charge in [-0.3, -0.25) is 0 Å². The second-order valence-electron chi connectivity index (χ2n) is 3.87. The molecule has 0 fully saturated rings. The van der Waals surface area contributed by atoms with E-state index in [2.05, 4.69) is 12.0 Å². The first-order valence-corrected chi connectivity index (χ1v) is 5.51. The van der Waals surface area contributed by atoms with E-state index in [9.17, 15) is 4.79 Å². The molecule has 0 spiro atoms. The first-order valence-electron chi connectivity index (χ1n) is 5.51. The molecule has 0 atom stereocenters. The van der Waals surface area contributed by atoms with Crippen LogP contribution in [0.25, 0.3) is 5.69 Å². The molecule has 1 N–H and O–H groups in total. The van der Waals surface area contributed by atoms with Crippen LogP contribution in [-0.4, -0.2) is 20.9 Å². The lowest BCUT2D eigenvalue weighted by atomic mass is 10.1. The zero-order valence-electron chi connectivity index (χ0n) is 9.84. The van der Waals surface area contributed by atoms with Crippen molar-refractivity contribution in [3.63, 3.8) is 0 Å². The van der Waals surface area contributed by atoms with E-state index in [0.717, 1.165) is 23.4 Å². The molecule has 0 bridgehead atoms. The van der Waals surface area contributed by atoms with E-state index in [-0.39, 0.29) is 5.69 Å². The standard InChI is InChI=1S/C13H14N2O2/c1-3-10-6-4-5-7-12(10)15-9(2)8-11(14-15)13(16)17/h4-8H,3H2,1-2H3,(H,16,17). The molecule has 88 valence electrons. The number of aryl methyl sites for hydroxylation is 2. The zero-order chi connectivity index (χ0) is 12.4. The summed E-state index contributed by atoms with van der Waals surface area (Å²) in [4.78, 5) is 10.9. The van der Waals surface area contributed by atoms with Gasteiger partial charge in [-0.1, -0.05) is 25.1 Å². The summed E-state index contributed by atoms with van der Waals surface area (Å²) in [6.07, 6.45) is 0.887. The van der Waals surface area contributed by atoms with Gasteiger partial charge in [0.05, 0.1) is 5.69 Å². The molecule has 0 saturated carbocycles. The van der Waals surface area contributed by atoms with Crippen molar-refractivity contribution in [3.05, 3.63) is 47.3 Å². The number of carbonyl (C=O) groups is 1. The molecule has 0 aliphatic rings. The predicted molar refractivity (Wildman–Crippen MR) is 64.6 cm³/mol. The Morgan fingerprint density at radius 1 is 1.41 bits per heavy atom. The summed E-state index contributed by atoms with van der Waals surface area (Å²) >= 11 is 0. The summed E-state index contributed by atoms with van der Waals surface area (Å²) in [7, 11) is 0. The van der Waals surface area contributed by atoms with E-state index in [4.69, 9.17) is 5.11 Å². The third kappa shape index (κ3) is 2.06. The van der Waals surface area contributed by atoms with E-state index in [1.165, 1.54) is 0 Å². The molecule has 0 unspecified atom stereocenters. The fourth-order valence-corrected chi connectivity index (χ4v) is 1.84. The summed E-state index contributed by atoms with van der Waals surface area (Å²) < 4.78 is 1.68. The summed E-state index contributed by atoms with van der Waals surface area (Å²) in [6.45, 7) is 3.92. The topological polar surface area (TPSA) is 55.1 Å². The number of aromatic nitrogens is 2. The molecule has 4 nitrogen and oxygen atoms in total. The first kappa shape index (κ1) is 11.4. The largest absolute Gasteiger partial charge is 0.476 e. The van der Waals surface area contributed by atoms with Gasteiger partial charge in [-0.05, 0) is 31.0 Å². The Morgan fingerprint density at radius 3 is 2.71 bits per heavy atom. The maximum Gasteiger partial charge on any atom is 0.356 e. The fourth-order valence-electron chi connectivity index (χ4n) is 1.84. The molecule has 0 amide bonds. The van der Waals surface area contributed by atoms with Gasteiger partial charge >= 0.3 is 5.97 Å². The minimum atomic E-state index is -0.999. The van der Waals surface area contributed by atoms with Crippen LogP contribution in [0.3, 0.4) is 0 Å². The average Bonchev–Trinajstić information content (AvgIpc) is 2.71. The van der Waals surface area contributed by atoms with Crippen molar-refractivity contribution in [2.45, 2.75) is 20.3 Å². The first-order chi connectivity index (χ1) is 8.13. The molecule has 0 radical (unpaired) electrons. The molecule has 1 aromatic heterocycles. The van der Waals surface area contributed by atoms with Crippen molar-refractivity contribution in [1.29, 1.82) is 0 Å². The third-order valence-electron chi connectivity index (χ3n) is 2.71. The lowest BCUT2D eigenvalue weighted by molar-refractivity contribution is 0.0690. The van der Waals surface area contributed by atoms with Crippen LogP contribution in [0.4, 0.5) is 0 Å². The molecule has 0 aliphatic carbocycles. The van der Waals surface area contributed by atoms with E-state index in [1.807, 2.05) is 31.2 Å². The van der Waals surface area contributed by atoms with Crippen LogP contribution in [0, 0.1) is 6.92 Å². The van der Waals surface area contributed by atoms with Crippen LogP contribution in [-0.2, 0) is 6.42 Å². The minimum absolute atomic E-state index is 0.0772. The maximum atomic E-state index is 10.9. The molecular formula is C13H14N2O2. The second kappa shape index (κ2) is 4.41. The van der Waals surface area contributed by atoms with Gasteiger partial charge in [0.25, 0.3) is 0 Å². The lowest BCUT2D eigenvalue weighted by Gasteiger charge is -2.09. The summed E-state index contributed by atoms with van der Waals surface area (Å²) in [5, 5.41) is 13.0. The van der Waals surface area contributed by atoms with Crippen LogP contribution in [0.15, 0.2) is 30.3 Å². The molecular weight excluding hydrogens is 216 g/mol. The number of hydrogen-bond acceptors (Lipinski definition) is 2. The van der Waals surface area contributed by atoms with Crippen molar-refractivity contribution in [3.8, 4) is 5.69 Å². The molecule has 0 aliphatic heterocycles. The Kier molecular flexibility index (Phi) is 2.95. The molecule has 2 aromatic rings. The van der Waals surface area contributed by atoms with E-state index >= 15 is 0 Å². The predicted octanol–water partition coefficient (Wildman–Crippen LogP) is 2.44. The Bertz CT molecular complexity index is 558. The minimum Gasteiger partial charge on any atom is -0.476 e. The van der Waals surface area contributed by atoms with Crippen molar-refractivity contribution in [1.82, 2.24) is 9.78 Å². The normalized spacial score (nSPS) is 10.5. The Hall–Kier alpha value is -2.10. The highest BCUT2D eigenvalue weighted by molar-refractivity contribution is 5.85. The number of aromatic carboxylic acids is 1. The quantitative estimate of drug-likeness (QED) is 0.881. The van der Waals surface area contributed by atoms with E-state index < -0.39 is 5.97 Å². The molecule has 0 saturated heterocycles. The molecule has 1 heterocycles. The lowest BCUT2D eigenvalue weighted by Crippen LogP contribution is -2.04. The highest BCUT2D eigenvalue weighted by atomic mass is 16.4. The second-order valence-corrected chi connectivity index (χ2v) is 3.87. The Morgan fingerprint density at radius 2 is 2.12 bits per heavy atom. The molecule has 1 aromatic carbocycles. The number of carboxylic acids is 1. The summed E-state index contributed by atoms with van der Waals surface area (Å²) in [5.41, 5.74) is 2.99. The number of nitrogens with zero attached hydrogens (tertiary/aromatic N) is 2. The average molecular weight is 230 g/mol.